The fourth-order valence-corrected chi connectivity index (χ4v) is 8.18. The summed E-state index contributed by atoms with van der Waals surface area (Å²) in [4.78, 5) is 21.0. The van der Waals surface area contributed by atoms with E-state index in [9.17, 15) is 13.2 Å². The molecule has 6 aromatic carbocycles. The van der Waals surface area contributed by atoms with Crippen LogP contribution in [0.25, 0.3) is 11.4 Å². The average Bonchev–Trinajstić information content (AvgIpc) is 4.05. The first-order valence-electron chi connectivity index (χ1n) is 21.7. The number of aromatic nitrogens is 2. The molecule has 69 heavy (non-hydrogen) atoms. The molecule has 5 heterocycles. The van der Waals surface area contributed by atoms with E-state index in [-0.39, 0.29) is 58.4 Å². The minimum atomic E-state index is -4.57. The molecule has 0 unspecified atom stereocenters. The van der Waals surface area contributed by atoms with Crippen LogP contribution in [0.1, 0.15) is 18.4 Å². The number of alkyl halides is 3. The number of pyridine rings is 2. The number of para-hydroxylation sites is 8. The van der Waals surface area contributed by atoms with Crippen molar-refractivity contribution in [3.63, 3.8) is 0 Å². The summed E-state index contributed by atoms with van der Waals surface area (Å²) in [5, 5.41) is 0. The van der Waals surface area contributed by atoms with Gasteiger partial charge in [0.2, 0.25) is 0 Å². The average molecular weight is 1270 g/mol. The Morgan fingerprint density at radius 3 is 1.57 bits per heavy atom. The van der Waals surface area contributed by atoms with Crippen molar-refractivity contribution in [3.05, 3.63) is 220 Å². The SMILES string of the molecule is CN1[CH-]N(c2[c-]c(Oc3[c-]c(-c4[c-]cccn4)ncc3)cc(C(F)(F)F)c2)c2ccccc21.[Ir].[Pt].[c-]1ccccc1N1[CH-]N(CCCCN2[CH-]N(c3[c-]cccc3)c3ccccc32)c2ccccc21. The van der Waals surface area contributed by atoms with Crippen LogP contribution in [0.15, 0.2) is 164 Å². The summed E-state index contributed by atoms with van der Waals surface area (Å²) in [5.41, 5.74) is 8.83. The van der Waals surface area contributed by atoms with Crippen LogP contribution in [-0.2, 0) is 47.3 Å². The van der Waals surface area contributed by atoms with Crippen molar-refractivity contribution in [3.8, 4) is 22.9 Å². The molecule has 3 aliphatic heterocycles. The Morgan fingerprint density at radius 2 is 1.03 bits per heavy atom. The summed E-state index contributed by atoms with van der Waals surface area (Å²) in [6.07, 6.45) is 0.687. The summed E-state index contributed by atoms with van der Waals surface area (Å²) in [7, 11) is 1.83. The van der Waals surface area contributed by atoms with E-state index in [4.69, 9.17) is 4.74 Å². The van der Waals surface area contributed by atoms with Crippen molar-refractivity contribution in [2.45, 2.75) is 19.0 Å². The van der Waals surface area contributed by atoms with Gasteiger partial charge in [-0.05, 0) is 87.3 Å². The minimum Gasteiger partial charge on any atom is -0.510 e. The van der Waals surface area contributed by atoms with Crippen LogP contribution < -0.4 is 34.1 Å². The number of anilines is 9. The first-order chi connectivity index (χ1) is 32.8. The predicted molar refractivity (Wildman–Crippen MR) is 257 cm³/mol. The van der Waals surface area contributed by atoms with Gasteiger partial charge in [-0.15, -0.1) is 58.8 Å². The first kappa shape index (κ1) is 48.8. The molecule has 0 spiro atoms. The zero-order valence-corrected chi connectivity index (χ0v) is 41.6. The molecule has 0 atom stereocenters. The smallest absolute Gasteiger partial charge is 0.395 e. The molecule has 0 amide bonds. The number of hydrogen-bond donors (Lipinski definition) is 0. The molecule has 0 aliphatic carbocycles. The molecule has 11 rings (SSSR count). The van der Waals surface area contributed by atoms with Crippen molar-refractivity contribution in [1.29, 1.82) is 0 Å². The topological polar surface area (TPSA) is 54.5 Å². The van der Waals surface area contributed by atoms with Crippen LogP contribution in [0.2, 0.25) is 0 Å². The molecule has 0 bridgehead atoms. The molecule has 8 aromatic rings. The number of nitrogens with zero attached hydrogens (tertiary/aromatic N) is 8. The molecule has 0 fully saturated rings. The van der Waals surface area contributed by atoms with E-state index in [0.717, 1.165) is 60.8 Å². The second-order valence-electron chi connectivity index (χ2n) is 15.8. The van der Waals surface area contributed by atoms with Gasteiger partial charge >= 0.3 is 6.18 Å². The molecule has 0 saturated carbocycles. The monoisotopic (exact) mass is 1270 g/mol. The minimum absolute atomic E-state index is 0. The van der Waals surface area contributed by atoms with Gasteiger partial charge in [0.15, 0.2) is 0 Å². The number of hydrogen-bond acceptors (Lipinski definition) is 9. The fraction of sp³-hybridized carbons (Fsp3) is 0.109. The second kappa shape index (κ2) is 21.8. The molecule has 9 nitrogen and oxygen atoms in total. The van der Waals surface area contributed by atoms with Crippen LogP contribution >= 0.6 is 0 Å². The van der Waals surface area contributed by atoms with Gasteiger partial charge in [-0.3, -0.25) is 0 Å². The molecule has 1 radical (unpaired) electrons. The van der Waals surface area contributed by atoms with Gasteiger partial charge in [0, 0.05) is 86.8 Å². The molecule has 14 heteroatoms. The zero-order valence-electron chi connectivity index (χ0n) is 36.9. The predicted octanol–water partition coefficient (Wildman–Crippen LogP) is 13.0. The third kappa shape index (κ3) is 10.8. The van der Waals surface area contributed by atoms with Crippen molar-refractivity contribution in [2.24, 2.45) is 0 Å². The molecular formula is C55H41F3IrN8OPt-8. The van der Waals surface area contributed by atoms with E-state index < -0.39 is 11.7 Å². The molecule has 2 aromatic heterocycles. The Kier molecular flexibility index (Phi) is 15.4. The van der Waals surface area contributed by atoms with Crippen molar-refractivity contribution in [2.75, 3.05) is 49.5 Å². The molecule has 355 valence electrons. The summed E-state index contributed by atoms with van der Waals surface area (Å²) in [6.45, 7) is 8.08. The molecule has 0 N–H and O–H groups in total. The molecule has 3 aliphatic rings. The summed E-state index contributed by atoms with van der Waals surface area (Å²) >= 11 is 0. The first-order valence-corrected chi connectivity index (χ1v) is 21.7. The number of halogens is 3. The normalized spacial score (nSPS) is 13.4. The quantitative estimate of drug-likeness (QED) is 0.0931. The molecular weight excluding hydrogens is 1230 g/mol. The van der Waals surface area contributed by atoms with Gasteiger partial charge in [-0.25, -0.2) is 6.07 Å². The third-order valence-corrected chi connectivity index (χ3v) is 11.3. The number of fused-ring (bicyclic) bond motifs is 3. The molecule has 0 saturated heterocycles. The van der Waals surface area contributed by atoms with Crippen LogP contribution in [0.3, 0.4) is 0 Å². The van der Waals surface area contributed by atoms with E-state index in [2.05, 4.69) is 146 Å². The van der Waals surface area contributed by atoms with Gasteiger partial charge in [0.1, 0.15) is 0 Å². The second-order valence-corrected chi connectivity index (χ2v) is 15.8. The van der Waals surface area contributed by atoms with Gasteiger partial charge in [0.05, 0.1) is 0 Å². The number of benzene rings is 6. The van der Waals surface area contributed by atoms with E-state index in [0.29, 0.717) is 11.4 Å². The maximum absolute atomic E-state index is 13.7. The summed E-state index contributed by atoms with van der Waals surface area (Å²) < 4.78 is 46.8. The van der Waals surface area contributed by atoms with Gasteiger partial charge in [-0.1, -0.05) is 36.4 Å². The number of rotatable bonds is 11. The van der Waals surface area contributed by atoms with Crippen LogP contribution in [0.5, 0.6) is 11.5 Å². The van der Waals surface area contributed by atoms with Gasteiger partial charge < -0.3 is 44.1 Å². The maximum atomic E-state index is 13.7. The zero-order chi connectivity index (χ0) is 45.7. The largest absolute Gasteiger partial charge is 0.510 e. The standard InChI is InChI=1S/C30H26N4.C25H15F3N4O.Ir.Pt/c1-3-13-25(14-4-1)33-23-31(27-17-7-9-19-29(27)33)21-11-12-22-32-24-34(26-15-5-2-6-16-26)30-20-10-8-18-28(30)32;1-31-16-32(24-8-3-2-7-23(24)31)18-12-17(25(26,27)28)13-20(14-18)33-19-9-11-30-22(15-19)21-6-4-5-10-29-21;;/h1-10,13,15,17-20,23-24H,11-12,21-22H2;2-5,7-13,16H,1H3;;/q2*-4;;. The van der Waals surface area contributed by atoms with Gasteiger partial charge in [-0.2, -0.15) is 106 Å². The van der Waals surface area contributed by atoms with E-state index in [1.807, 2.05) is 60.5 Å². The summed E-state index contributed by atoms with van der Waals surface area (Å²) in [6, 6.07) is 63.3. The Morgan fingerprint density at radius 1 is 0.522 bits per heavy atom. The summed E-state index contributed by atoms with van der Waals surface area (Å²) in [5.74, 6) is 0.0853. The van der Waals surface area contributed by atoms with Crippen molar-refractivity contribution >= 4 is 51.2 Å². The van der Waals surface area contributed by atoms with Crippen LogP contribution in [-0.4, -0.2) is 30.1 Å². The number of ether oxygens (including phenoxy) is 1. The third-order valence-electron chi connectivity index (χ3n) is 11.3. The van der Waals surface area contributed by atoms with Gasteiger partial charge in [0.25, 0.3) is 0 Å². The van der Waals surface area contributed by atoms with Crippen molar-refractivity contribution < 1.29 is 59.1 Å². The van der Waals surface area contributed by atoms with Crippen LogP contribution in [0.4, 0.5) is 64.4 Å². The Labute approximate surface area is 429 Å². The van der Waals surface area contributed by atoms with E-state index >= 15 is 0 Å². The van der Waals surface area contributed by atoms with Crippen LogP contribution in [0, 0.1) is 50.3 Å². The van der Waals surface area contributed by atoms with E-state index in [1.165, 1.54) is 35.0 Å². The Balaban J connectivity index is 0.000000181. The Bertz CT molecular complexity index is 2860. The fourth-order valence-electron chi connectivity index (χ4n) is 8.18. The van der Waals surface area contributed by atoms with E-state index in [1.54, 1.807) is 29.9 Å². The van der Waals surface area contributed by atoms with Crippen molar-refractivity contribution in [1.82, 2.24) is 9.97 Å². The maximum Gasteiger partial charge on any atom is 0.395 e. The Hall–Kier alpha value is -6.65. The number of unbranched alkanes of at least 4 members (excludes halogenated alkanes) is 1.